The SMILES string of the molecule is CCOc1cccc(CN[C@H]2CC[C@@H](Nc3cc(N(C)C)c4ccccc4n3)CC2)c1. The fraction of sp³-hybridized carbons (Fsp3) is 0.423. The van der Waals surface area contributed by atoms with Gasteiger partial charge in [-0.1, -0.05) is 30.3 Å². The third kappa shape index (κ3) is 5.47. The lowest BCUT2D eigenvalue weighted by Crippen LogP contribution is -2.36. The number of hydrogen-bond acceptors (Lipinski definition) is 5. The monoisotopic (exact) mass is 418 g/mol. The van der Waals surface area contributed by atoms with Crippen molar-refractivity contribution in [3.63, 3.8) is 0 Å². The Morgan fingerprint density at radius 1 is 0.968 bits per heavy atom. The Labute approximate surface area is 185 Å². The predicted octanol–water partition coefficient (Wildman–Crippen LogP) is 5.21. The van der Waals surface area contributed by atoms with Crippen LogP contribution in [0.2, 0.25) is 0 Å². The molecule has 31 heavy (non-hydrogen) atoms. The highest BCUT2D eigenvalue weighted by molar-refractivity contribution is 5.93. The quantitative estimate of drug-likeness (QED) is 0.526. The van der Waals surface area contributed by atoms with Gasteiger partial charge in [0.15, 0.2) is 0 Å². The highest BCUT2D eigenvalue weighted by atomic mass is 16.5. The lowest BCUT2D eigenvalue weighted by molar-refractivity contribution is 0.338. The molecule has 0 spiro atoms. The third-order valence-electron chi connectivity index (χ3n) is 6.06. The van der Waals surface area contributed by atoms with Crippen molar-refractivity contribution < 1.29 is 4.74 Å². The zero-order valence-electron chi connectivity index (χ0n) is 18.9. The summed E-state index contributed by atoms with van der Waals surface area (Å²) in [4.78, 5) is 7.03. The van der Waals surface area contributed by atoms with Crippen LogP contribution in [0.4, 0.5) is 11.5 Å². The second kappa shape index (κ2) is 10.0. The summed E-state index contributed by atoms with van der Waals surface area (Å²) in [7, 11) is 4.18. The minimum atomic E-state index is 0.475. The zero-order chi connectivity index (χ0) is 21.6. The average molecular weight is 419 g/mol. The molecule has 5 heteroatoms. The number of aromatic nitrogens is 1. The molecule has 5 nitrogen and oxygen atoms in total. The van der Waals surface area contributed by atoms with Crippen molar-refractivity contribution in [2.75, 3.05) is 30.9 Å². The molecule has 2 aromatic carbocycles. The van der Waals surface area contributed by atoms with Crippen LogP contribution in [-0.4, -0.2) is 37.8 Å². The van der Waals surface area contributed by atoms with Crippen molar-refractivity contribution >= 4 is 22.4 Å². The molecule has 0 atom stereocenters. The molecule has 0 radical (unpaired) electrons. The molecule has 1 saturated carbocycles. The molecule has 4 rings (SSSR count). The summed E-state index contributed by atoms with van der Waals surface area (Å²) in [6.45, 7) is 3.62. The molecule has 0 saturated heterocycles. The molecular weight excluding hydrogens is 384 g/mol. The Kier molecular flexibility index (Phi) is 6.92. The number of pyridine rings is 1. The van der Waals surface area contributed by atoms with Crippen LogP contribution < -0.4 is 20.3 Å². The minimum Gasteiger partial charge on any atom is -0.494 e. The Morgan fingerprint density at radius 3 is 2.52 bits per heavy atom. The molecule has 1 heterocycles. The number of rotatable bonds is 8. The summed E-state index contributed by atoms with van der Waals surface area (Å²) in [6.07, 6.45) is 4.67. The number of nitrogens with zero attached hydrogens (tertiary/aromatic N) is 2. The van der Waals surface area contributed by atoms with Gasteiger partial charge in [0.05, 0.1) is 12.1 Å². The second-order valence-electron chi connectivity index (χ2n) is 8.59. The van der Waals surface area contributed by atoms with E-state index in [1.54, 1.807) is 0 Å². The molecule has 3 aromatic rings. The standard InChI is InChI=1S/C26H34N4O/c1-4-31-22-9-7-8-19(16-22)18-27-20-12-14-21(15-13-20)28-26-17-25(30(2)3)23-10-5-6-11-24(23)29-26/h5-11,16-17,20-21,27H,4,12-15,18H2,1-3H3,(H,28,29)/t20-,21+. The molecule has 1 aliphatic rings. The summed E-state index contributed by atoms with van der Waals surface area (Å²) in [5.41, 5.74) is 3.53. The third-order valence-corrected chi connectivity index (χ3v) is 6.06. The highest BCUT2D eigenvalue weighted by Crippen LogP contribution is 2.29. The molecule has 0 aliphatic heterocycles. The fourth-order valence-electron chi connectivity index (χ4n) is 4.43. The maximum Gasteiger partial charge on any atom is 0.128 e. The molecule has 2 N–H and O–H groups in total. The van der Waals surface area contributed by atoms with E-state index in [0.29, 0.717) is 18.7 Å². The van der Waals surface area contributed by atoms with Crippen molar-refractivity contribution in [2.24, 2.45) is 0 Å². The van der Waals surface area contributed by atoms with Gasteiger partial charge in [-0.25, -0.2) is 4.98 Å². The number of fused-ring (bicyclic) bond motifs is 1. The Hall–Kier alpha value is -2.79. The number of nitrogens with one attached hydrogen (secondary N) is 2. The van der Waals surface area contributed by atoms with Crippen molar-refractivity contribution in [3.05, 3.63) is 60.2 Å². The molecule has 0 amide bonds. The molecular formula is C26H34N4O. The van der Waals surface area contributed by atoms with E-state index in [9.17, 15) is 0 Å². The molecule has 0 bridgehead atoms. The topological polar surface area (TPSA) is 49.4 Å². The van der Waals surface area contributed by atoms with E-state index < -0.39 is 0 Å². The van der Waals surface area contributed by atoms with Crippen molar-refractivity contribution in [1.82, 2.24) is 10.3 Å². The average Bonchev–Trinajstić information content (AvgIpc) is 2.78. The maximum absolute atomic E-state index is 5.61. The van der Waals surface area contributed by atoms with Gasteiger partial charge in [0.2, 0.25) is 0 Å². The van der Waals surface area contributed by atoms with Crippen LogP contribution in [0.5, 0.6) is 5.75 Å². The lowest BCUT2D eigenvalue weighted by Gasteiger charge is -2.30. The number of hydrogen-bond donors (Lipinski definition) is 2. The summed E-state index contributed by atoms with van der Waals surface area (Å²) in [5, 5.41) is 8.63. The van der Waals surface area contributed by atoms with Crippen molar-refractivity contribution in [1.29, 1.82) is 0 Å². The van der Waals surface area contributed by atoms with Gasteiger partial charge in [0.25, 0.3) is 0 Å². The van der Waals surface area contributed by atoms with Gasteiger partial charge in [-0.2, -0.15) is 0 Å². The Balaban J connectivity index is 1.32. The van der Waals surface area contributed by atoms with E-state index >= 15 is 0 Å². The molecule has 1 fully saturated rings. The Morgan fingerprint density at radius 2 is 1.74 bits per heavy atom. The summed E-state index contributed by atoms with van der Waals surface area (Å²) in [5.74, 6) is 1.93. The van der Waals surface area contributed by atoms with Gasteiger partial charge >= 0.3 is 0 Å². The summed E-state index contributed by atoms with van der Waals surface area (Å²) in [6, 6.07) is 20.0. The number of anilines is 2. The first-order chi connectivity index (χ1) is 15.1. The van der Waals surface area contributed by atoms with Crippen LogP contribution in [-0.2, 0) is 6.54 Å². The van der Waals surface area contributed by atoms with Crippen LogP contribution >= 0.6 is 0 Å². The van der Waals surface area contributed by atoms with Gasteiger partial charge in [0, 0.05) is 49.9 Å². The minimum absolute atomic E-state index is 0.475. The van der Waals surface area contributed by atoms with Gasteiger partial charge in [0.1, 0.15) is 11.6 Å². The normalized spacial score (nSPS) is 18.7. The first-order valence-electron chi connectivity index (χ1n) is 11.4. The smallest absolute Gasteiger partial charge is 0.128 e. The second-order valence-corrected chi connectivity index (χ2v) is 8.59. The van der Waals surface area contributed by atoms with E-state index in [2.05, 4.69) is 78.2 Å². The van der Waals surface area contributed by atoms with E-state index in [4.69, 9.17) is 9.72 Å². The predicted molar refractivity (Wildman–Crippen MR) is 130 cm³/mol. The van der Waals surface area contributed by atoms with Gasteiger partial charge in [-0.05, 0) is 56.4 Å². The summed E-state index contributed by atoms with van der Waals surface area (Å²) < 4.78 is 5.61. The largest absolute Gasteiger partial charge is 0.494 e. The lowest BCUT2D eigenvalue weighted by atomic mass is 9.91. The van der Waals surface area contributed by atoms with Gasteiger partial charge < -0.3 is 20.3 Å². The number of ether oxygens (including phenoxy) is 1. The van der Waals surface area contributed by atoms with Crippen LogP contribution in [0.1, 0.15) is 38.2 Å². The van der Waals surface area contributed by atoms with Crippen molar-refractivity contribution in [2.45, 2.75) is 51.2 Å². The van der Waals surface area contributed by atoms with Crippen LogP contribution in [0.15, 0.2) is 54.6 Å². The number of benzene rings is 2. The molecule has 1 aromatic heterocycles. The van der Waals surface area contributed by atoms with E-state index in [1.807, 2.05) is 13.0 Å². The van der Waals surface area contributed by atoms with E-state index in [0.717, 1.165) is 36.5 Å². The molecule has 164 valence electrons. The molecule has 0 unspecified atom stereocenters. The van der Waals surface area contributed by atoms with E-state index in [1.165, 1.54) is 29.5 Å². The number of para-hydroxylation sites is 1. The zero-order valence-corrected chi connectivity index (χ0v) is 18.9. The van der Waals surface area contributed by atoms with Gasteiger partial charge in [-0.3, -0.25) is 0 Å². The van der Waals surface area contributed by atoms with Gasteiger partial charge in [-0.15, -0.1) is 0 Å². The van der Waals surface area contributed by atoms with Crippen LogP contribution in [0.3, 0.4) is 0 Å². The highest BCUT2D eigenvalue weighted by Gasteiger charge is 2.21. The van der Waals surface area contributed by atoms with Crippen LogP contribution in [0.25, 0.3) is 10.9 Å². The van der Waals surface area contributed by atoms with Crippen molar-refractivity contribution in [3.8, 4) is 5.75 Å². The van der Waals surface area contributed by atoms with E-state index in [-0.39, 0.29) is 0 Å². The maximum atomic E-state index is 5.61. The first kappa shape index (κ1) is 21.4. The van der Waals surface area contributed by atoms with Crippen LogP contribution in [0, 0.1) is 0 Å². The summed E-state index contributed by atoms with van der Waals surface area (Å²) >= 11 is 0. The Bertz CT molecular complexity index is 996. The fourth-order valence-corrected chi connectivity index (χ4v) is 4.43. The molecule has 1 aliphatic carbocycles. The first-order valence-corrected chi connectivity index (χ1v) is 11.4.